The number of hydrogen-bond acceptors (Lipinski definition) is 4. The third-order valence-corrected chi connectivity index (χ3v) is 6.37. The summed E-state index contributed by atoms with van der Waals surface area (Å²) in [5.74, 6) is 0.229. The first-order chi connectivity index (χ1) is 11.5. The molecule has 1 aromatic rings. The Hall–Kier alpha value is -2.21. The van der Waals surface area contributed by atoms with Crippen LogP contribution < -0.4 is 4.90 Å². The van der Waals surface area contributed by atoms with E-state index in [1.165, 1.54) is 18.2 Å². The Labute approximate surface area is 142 Å². The van der Waals surface area contributed by atoms with Crippen LogP contribution in [0, 0.1) is 45.6 Å². The molecule has 1 aliphatic heterocycles. The van der Waals surface area contributed by atoms with Crippen molar-refractivity contribution in [3.63, 3.8) is 0 Å². The van der Waals surface area contributed by atoms with Crippen LogP contribution in [-0.4, -0.2) is 16.7 Å². The Kier molecular flexibility index (Phi) is 2.62. The van der Waals surface area contributed by atoms with E-state index >= 15 is 0 Å². The second-order valence-electron chi connectivity index (χ2n) is 7.06. The maximum absolute atomic E-state index is 12.9. The lowest BCUT2D eigenvalue weighted by Crippen LogP contribution is -2.40. The summed E-state index contributed by atoms with van der Waals surface area (Å²) in [6, 6.07) is 4.08. The van der Waals surface area contributed by atoms with Gasteiger partial charge in [-0.2, -0.15) is 0 Å². The average Bonchev–Trinajstić information content (AvgIpc) is 3.33. The lowest BCUT2D eigenvalue weighted by Gasteiger charge is -2.37. The number of allylic oxidation sites excluding steroid dienone is 2. The molecule has 1 saturated heterocycles. The van der Waals surface area contributed by atoms with E-state index in [-0.39, 0.29) is 51.9 Å². The highest BCUT2D eigenvalue weighted by atomic mass is 35.5. The first kappa shape index (κ1) is 14.2. The lowest BCUT2D eigenvalue weighted by molar-refractivity contribution is -0.384. The van der Waals surface area contributed by atoms with Crippen LogP contribution >= 0.6 is 11.6 Å². The van der Waals surface area contributed by atoms with E-state index in [1.807, 2.05) is 0 Å². The highest BCUT2D eigenvalue weighted by Gasteiger charge is 2.67. The Morgan fingerprint density at radius 3 is 2.21 bits per heavy atom. The number of nitro benzene ring substituents is 1. The van der Waals surface area contributed by atoms with E-state index < -0.39 is 4.92 Å². The quantitative estimate of drug-likeness (QED) is 0.357. The van der Waals surface area contributed by atoms with Crippen molar-refractivity contribution in [2.24, 2.45) is 35.5 Å². The minimum Gasteiger partial charge on any atom is -0.274 e. The van der Waals surface area contributed by atoms with Gasteiger partial charge in [-0.3, -0.25) is 19.7 Å². The van der Waals surface area contributed by atoms with Crippen LogP contribution in [0.15, 0.2) is 30.4 Å². The smallest absolute Gasteiger partial charge is 0.274 e. The highest BCUT2D eigenvalue weighted by molar-refractivity contribution is 6.33. The molecule has 1 heterocycles. The van der Waals surface area contributed by atoms with Gasteiger partial charge in [0.05, 0.1) is 22.4 Å². The molecule has 4 aliphatic carbocycles. The van der Waals surface area contributed by atoms with Crippen LogP contribution in [0.4, 0.5) is 11.4 Å². The molecule has 0 aromatic heterocycles. The fourth-order valence-corrected chi connectivity index (χ4v) is 5.18. The largest absolute Gasteiger partial charge is 0.289 e. The van der Waals surface area contributed by atoms with Crippen molar-refractivity contribution in [1.29, 1.82) is 0 Å². The summed E-state index contributed by atoms with van der Waals surface area (Å²) in [5, 5.41) is 11.1. The van der Waals surface area contributed by atoms with Gasteiger partial charge in [0.2, 0.25) is 11.8 Å². The molecule has 6 atom stereocenters. The number of carbonyl (C=O) groups is 2. The molecule has 5 aliphatic rings. The zero-order valence-electron chi connectivity index (χ0n) is 12.5. The summed E-state index contributed by atoms with van der Waals surface area (Å²) in [6.45, 7) is 0. The molecule has 0 unspecified atom stereocenters. The number of halogens is 1. The Morgan fingerprint density at radius 2 is 1.67 bits per heavy atom. The van der Waals surface area contributed by atoms with Crippen molar-refractivity contribution in [3.8, 4) is 0 Å². The Balaban J connectivity index is 1.57. The Morgan fingerprint density at radius 1 is 1.08 bits per heavy atom. The van der Waals surface area contributed by atoms with Crippen LogP contribution in [-0.2, 0) is 9.59 Å². The number of imide groups is 1. The summed E-state index contributed by atoms with van der Waals surface area (Å²) < 4.78 is 0. The first-order valence-corrected chi connectivity index (χ1v) is 8.37. The van der Waals surface area contributed by atoms with Gasteiger partial charge in [-0.05, 0) is 42.2 Å². The predicted molar refractivity (Wildman–Crippen MR) is 85.3 cm³/mol. The van der Waals surface area contributed by atoms with Gasteiger partial charge in [0.25, 0.3) is 5.69 Å². The molecule has 1 aromatic carbocycles. The van der Waals surface area contributed by atoms with E-state index in [1.54, 1.807) is 0 Å². The van der Waals surface area contributed by atoms with Crippen molar-refractivity contribution >= 4 is 34.8 Å². The van der Waals surface area contributed by atoms with Gasteiger partial charge >= 0.3 is 0 Å². The SMILES string of the molecule is O=C1[C@@H]2[C@H]3C=C[C@@H]([C@@H]4C[C@@H]34)[C@H]2C(=O)N1c1ccc(Cl)c([N+](=O)[O-])c1. The number of anilines is 1. The third-order valence-electron chi connectivity index (χ3n) is 6.05. The molecule has 0 spiro atoms. The normalized spacial score (nSPS) is 38.3. The molecule has 0 N–H and O–H groups in total. The molecule has 24 heavy (non-hydrogen) atoms. The van der Waals surface area contributed by atoms with Crippen molar-refractivity contribution < 1.29 is 14.5 Å². The van der Waals surface area contributed by atoms with Crippen molar-refractivity contribution in [1.82, 2.24) is 0 Å². The number of nitro groups is 1. The molecule has 0 radical (unpaired) electrons. The molecular weight excluding hydrogens is 332 g/mol. The molecule has 2 saturated carbocycles. The third kappa shape index (κ3) is 1.61. The van der Waals surface area contributed by atoms with Crippen LogP contribution in [0.1, 0.15) is 6.42 Å². The standard InChI is InChI=1S/C17H13ClN2O4/c18-12-4-1-7(5-13(12)20(23)24)19-16(21)14-8-2-3-9(11-6-10(8)11)15(14)17(19)22/h1-5,8-11,14-15H,6H2/t8-,9-,10-,11-,14+,15+/m0/s1. The van der Waals surface area contributed by atoms with Crippen molar-refractivity contribution in [2.45, 2.75) is 6.42 Å². The highest BCUT2D eigenvalue weighted by Crippen LogP contribution is 2.65. The summed E-state index contributed by atoms with van der Waals surface area (Å²) in [6.07, 6.45) is 5.29. The van der Waals surface area contributed by atoms with Crippen molar-refractivity contribution in [2.75, 3.05) is 4.90 Å². The van der Waals surface area contributed by atoms with Crippen molar-refractivity contribution in [3.05, 3.63) is 45.5 Å². The lowest BCUT2D eigenvalue weighted by atomic mass is 9.63. The van der Waals surface area contributed by atoms with Gasteiger partial charge in [0.15, 0.2) is 0 Å². The fraction of sp³-hybridized carbons (Fsp3) is 0.412. The predicted octanol–water partition coefficient (Wildman–Crippen LogP) is 2.81. The first-order valence-electron chi connectivity index (χ1n) is 7.99. The molecule has 6 nitrogen and oxygen atoms in total. The van der Waals surface area contributed by atoms with Gasteiger partial charge in [-0.15, -0.1) is 0 Å². The minimum atomic E-state index is -0.607. The van der Waals surface area contributed by atoms with Crippen LogP contribution in [0.5, 0.6) is 0 Å². The van der Waals surface area contributed by atoms with Gasteiger partial charge < -0.3 is 0 Å². The average molecular weight is 345 g/mol. The second-order valence-corrected chi connectivity index (χ2v) is 7.47. The van der Waals surface area contributed by atoms with Gasteiger partial charge in [-0.25, -0.2) is 4.90 Å². The number of amides is 2. The number of benzene rings is 1. The molecule has 6 rings (SSSR count). The summed E-state index contributed by atoms with van der Waals surface area (Å²) in [7, 11) is 0. The number of hydrogen-bond donors (Lipinski definition) is 0. The monoisotopic (exact) mass is 344 g/mol. The summed E-state index contributed by atoms with van der Waals surface area (Å²) in [4.78, 5) is 37.5. The maximum Gasteiger partial charge on any atom is 0.289 e. The molecule has 2 bridgehead atoms. The topological polar surface area (TPSA) is 80.5 Å². The van der Waals surface area contributed by atoms with Gasteiger partial charge in [0, 0.05) is 6.07 Å². The van der Waals surface area contributed by atoms with Crippen LogP contribution in [0.3, 0.4) is 0 Å². The maximum atomic E-state index is 12.9. The number of carbonyl (C=O) groups excluding carboxylic acids is 2. The molecule has 2 amide bonds. The summed E-state index contributed by atoms with van der Waals surface area (Å²) in [5.41, 5.74) is -0.0582. The zero-order valence-corrected chi connectivity index (χ0v) is 13.2. The van der Waals surface area contributed by atoms with Gasteiger partial charge in [-0.1, -0.05) is 23.8 Å². The van der Waals surface area contributed by atoms with E-state index in [0.717, 1.165) is 11.3 Å². The van der Waals surface area contributed by atoms with Crippen LogP contribution in [0.25, 0.3) is 0 Å². The molecule has 7 heteroatoms. The molecule has 122 valence electrons. The minimum absolute atomic E-state index is 0.0109. The number of nitrogens with zero attached hydrogens (tertiary/aromatic N) is 2. The van der Waals surface area contributed by atoms with E-state index in [0.29, 0.717) is 11.8 Å². The summed E-state index contributed by atoms with van der Waals surface area (Å²) >= 11 is 5.83. The molecule has 3 fully saturated rings. The zero-order chi connectivity index (χ0) is 16.7. The van der Waals surface area contributed by atoms with E-state index in [2.05, 4.69) is 12.2 Å². The van der Waals surface area contributed by atoms with Crippen LogP contribution in [0.2, 0.25) is 5.02 Å². The fourth-order valence-electron chi connectivity index (χ4n) is 4.99. The number of rotatable bonds is 2. The Bertz CT molecular complexity index is 815. The van der Waals surface area contributed by atoms with Gasteiger partial charge in [0.1, 0.15) is 5.02 Å². The molecular formula is C17H13ClN2O4. The van der Waals surface area contributed by atoms with E-state index in [9.17, 15) is 19.7 Å². The second kappa shape index (κ2) is 4.45. The van der Waals surface area contributed by atoms with E-state index in [4.69, 9.17) is 11.6 Å².